The molecule has 18 heavy (non-hydrogen) atoms. The predicted molar refractivity (Wildman–Crippen MR) is 65.4 cm³/mol. The average molecular weight is 275 g/mol. The Hall–Kier alpha value is -1.38. The second-order valence-electron chi connectivity index (χ2n) is 4.10. The molecular formula is C10H17N3O4S. The molecule has 0 radical (unpaired) electrons. The molecule has 102 valence electrons. The van der Waals surface area contributed by atoms with Crippen LogP contribution in [0, 0.1) is 0 Å². The number of rotatable bonds is 5. The molecule has 0 aliphatic heterocycles. The molecule has 1 atom stereocenters. The van der Waals surface area contributed by atoms with Crippen LogP contribution in [0.2, 0.25) is 0 Å². The van der Waals surface area contributed by atoms with Crippen LogP contribution in [-0.4, -0.2) is 36.6 Å². The van der Waals surface area contributed by atoms with E-state index in [-0.39, 0.29) is 23.2 Å². The van der Waals surface area contributed by atoms with E-state index in [2.05, 4.69) is 5.32 Å². The molecule has 1 rings (SSSR count). The number of nitrogens with two attached hydrogens (primary N) is 1. The second-order valence-corrected chi connectivity index (χ2v) is 5.67. The van der Waals surface area contributed by atoms with Crippen LogP contribution in [0.3, 0.4) is 0 Å². The molecule has 0 aliphatic carbocycles. The molecule has 8 heteroatoms. The summed E-state index contributed by atoms with van der Waals surface area (Å²) in [5, 5.41) is 16.4. The van der Waals surface area contributed by atoms with E-state index >= 15 is 0 Å². The summed E-state index contributed by atoms with van der Waals surface area (Å²) in [7, 11) is -2.26. The van der Waals surface area contributed by atoms with Gasteiger partial charge in [0.1, 0.15) is 10.6 Å². The molecule has 0 fully saturated rings. The van der Waals surface area contributed by atoms with Gasteiger partial charge in [0.2, 0.25) is 10.0 Å². The van der Waals surface area contributed by atoms with Crippen molar-refractivity contribution in [1.82, 2.24) is 9.88 Å². The highest BCUT2D eigenvalue weighted by Gasteiger charge is 2.18. The summed E-state index contributed by atoms with van der Waals surface area (Å²) in [6.07, 6.45) is 1.71. The minimum absolute atomic E-state index is 0.0307. The van der Waals surface area contributed by atoms with Gasteiger partial charge in [-0.1, -0.05) is 0 Å². The lowest BCUT2D eigenvalue weighted by molar-refractivity contribution is 0.0926. The van der Waals surface area contributed by atoms with Crippen LogP contribution in [-0.2, 0) is 17.1 Å². The van der Waals surface area contributed by atoms with Gasteiger partial charge in [0.05, 0.1) is 0 Å². The molecule has 0 spiro atoms. The summed E-state index contributed by atoms with van der Waals surface area (Å²) in [5.41, 5.74) is 0.198. The van der Waals surface area contributed by atoms with Gasteiger partial charge in [-0.2, -0.15) is 0 Å². The first kappa shape index (κ1) is 14.7. The number of aromatic nitrogens is 1. The number of aryl methyl sites for hydroxylation is 1. The Morgan fingerprint density at radius 2 is 2.22 bits per heavy atom. The fourth-order valence-corrected chi connectivity index (χ4v) is 2.06. The van der Waals surface area contributed by atoms with Gasteiger partial charge in [-0.3, -0.25) is 4.79 Å². The molecule has 1 unspecified atom stereocenters. The molecule has 4 N–H and O–H groups in total. The van der Waals surface area contributed by atoms with Crippen LogP contribution in [0.25, 0.3) is 0 Å². The number of aliphatic hydroxyl groups is 1. The van der Waals surface area contributed by atoms with E-state index in [0.717, 1.165) is 0 Å². The molecular weight excluding hydrogens is 258 g/mol. The molecule has 1 heterocycles. The summed E-state index contributed by atoms with van der Waals surface area (Å²) in [5.74, 6) is -0.409. The third-order valence-electron chi connectivity index (χ3n) is 2.48. The smallest absolute Gasteiger partial charge is 0.268 e. The number of amides is 1. The van der Waals surface area contributed by atoms with Crippen LogP contribution in [0.5, 0.6) is 0 Å². The number of carbonyl (C=O) groups excluding carboxylic acids is 1. The summed E-state index contributed by atoms with van der Waals surface area (Å²) in [4.78, 5) is 11.7. The third kappa shape index (κ3) is 3.56. The Balaban J connectivity index is 2.91. The van der Waals surface area contributed by atoms with E-state index in [9.17, 15) is 13.2 Å². The first-order chi connectivity index (χ1) is 8.25. The van der Waals surface area contributed by atoms with Crippen LogP contribution in [0.4, 0.5) is 0 Å². The number of primary sulfonamides is 1. The highest BCUT2D eigenvalue weighted by molar-refractivity contribution is 7.89. The zero-order chi connectivity index (χ0) is 13.9. The standard InChI is InChI=1S/C10H17N3O4S/c1-7(3-4-14)12-10(15)9-5-8(6-13(9)2)18(11,16)17/h5-7,14H,3-4H2,1-2H3,(H,12,15)(H2,11,16,17). The number of carbonyl (C=O) groups is 1. The van der Waals surface area contributed by atoms with Gasteiger partial charge in [-0.25, -0.2) is 13.6 Å². The van der Waals surface area contributed by atoms with E-state index in [1.54, 1.807) is 14.0 Å². The highest BCUT2D eigenvalue weighted by Crippen LogP contribution is 2.11. The first-order valence-corrected chi connectivity index (χ1v) is 6.91. The van der Waals surface area contributed by atoms with Crippen LogP contribution in [0.1, 0.15) is 23.8 Å². The summed E-state index contributed by atoms with van der Waals surface area (Å²) >= 11 is 0. The Labute approximate surface area is 106 Å². The van der Waals surface area contributed by atoms with Crippen molar-refractivity contribution in [2.24, 2.45) is 12.2 Å². The quantitative estimate of drug-likeness (QED) is 0.650. The average Bonchev–Trinajstić information content (AvgIpc) is 2.60. The van der Waals surface area contributed by atoms with Gasteiger partial charge >= 0.3 is 0 Å². The van der Waals surface area contributed by atoms with E-state index in [0.29, 0.717) is 6.42 Å². The lowest BCUT2D eigenvalue weighted by Gasteiger charge is -2.12. The molecule has 1 aromatic rings. The Kier molecular flexibility index (Phi) is 4.49. The van der Waals surface area contributed by atoms with Crippen molar-refractivity contribution in [3.8, 4) is 0 Å². The minimum Gasteiger partial charge on any atom is -0.396 e. The molecule has 0 saturated carbocycles. The predicted octanol–water partition coefficient (Wildman–Crippen LogP) is -0.827. The van der Waals surface area contributed by atoms with E-state index < -0.39 is 15.9 Å². The lowest BCUT2D eigenvalue weighted by atomic mass is 10.2. The zero-order valence-electron chi connectivity index (χ0n) is 10.3. The molecule has 1 aromatic heterocycles. The normalized spacial score (nSPS) is 13.3. The topological polar surface area (TPSA) is 114 Å². The number of hydrogen-bond donors (Lipinski definition) is 3. The second kappa shape index (κ2) is 5.51. The van der Waals surface area contributed by atoms with Crippen molar-refractivity contribution < 1.29 is 18.3 Å². The molecule has 0 bridgehead atoms. The van der Waals surface area contributed by atoms with Crippen LogP contribution >= 0.6 is 0 Å². The molecule has 1 amide bonds. The van der Waals surface area contributed by atoms with Gasteiger partial charge in [0, 0.05) is 25.9 Å². The SMILES string of the molecule is CC(CCO)NC(=O)c1cc(S(N)(=O)=O)cn1C. The van der Waals surface area contributed by atoms with Crippen molar-refractivity contribution in [2.75, 3.05) is 6.61 Å². The summed E-state index contributed by atoms with van der Waals surface area (Å²) in [6, 6.07) is 1.02. The number of nitrogens with zero attached hydrogens (tertiary/aromatic N) is 1. The zero-order valence-corrected chi connectivity index (χ0v) is 11.1. The van der Waals surface area contributed by atoms with Crippen molar-refractivity contribution >= 4 is 15.9 Å². The fraction of sp³-hybridized carbons (Fsp3) is 0.500. The Bertz CT molecular complexity index is 535. The van der Waals surface area contributed by atoms with E-state index in [1.807, 2.05) is 0 Å². The van der Waals surface area contributed by atoms with Crippen molar-refractivity contribution in [3.05, 3.63) is 18.0 Å². The van der Waals surface area contributed by atoms with Gasteiger partial charge in [0.25, 0.3) is 5.91 Å². The van der Waals surface area contributed by atoms with Crippen LogP contribution in [0.15, 0.2) is 17.2 Å². The van der Waals surface area contributed by atoms with Crippen LogP contribution < -0.4 is 10.5 Å². The largest absolute Gasteiger partial charge is 0.396 e. The van der Waals surface area contributed by atoms with Crippen molar-refractivity contribution in [3.63, 3.8) is 0 Å². The fourth-order valence-electron chi connectivity index (χ4n) is 1.48. The summed E-state index contributed by atoms with van der Waals surface area (Å²) in [6.45, 7) is 1.72. The van der Waals surface area contributed by atoms with Gasteiger partial charge in [-0.05, 0) is 19.4 Å². The maximum atomic E-state index is 11.8. The maximum Gasteiger partial charge on any atom is 0.268 e. The number of sulfonamides is 1. The maximum absolute atomic E-state index is 11.8. The molecule has 0 aromatic carbocycles. The van der Waals surface area contributed by atoms with Crippen molar-refractivity contribution in [1.29, 1.82) is 0 Å². The minimum atomic E-state index is -3.82. The van der Waals surface area contributed by atoms with Gasteiger partial charge < -0.3 is 15.0 Å². The molecule has 0 saturated heterocycles. The molecule has 0 aliphatic rings. The molecule has 7 nitrogen and oxygen atoms in total. The van der Waals surface area contributed by atoms with E-state index in [4.69, 9.17) is 10.2 Å². The highest BCUT2D eigenvalue weighted by atomic mass is 32.2. The van der Waals surface area contributed by atoms with E-state index in [1.165, 1.54) is 16.8 Å². The summed E-state index contributed by atoms with van der Waals surface area (Å²) < 4.78 is 23.7. The number of hydrogen-bond acceptors (Lipinski definition) is 4. The van der Waals surface area contributed by atoms with Gasteiger partial charge in [-0.15, -0.1) is 0 Å². The third-order valence-corrected chi connectivity index (χ3v) is 3.36. The Morgan fingerprint density at radius 3 is 2.67 bits per heavy atom. The first-order valence-electron chi connectivity index (χ1n) is 5.36. The Morgan fingerprint density at radius 1 is 1.61 bits per heavy atom. The van der Waals surface area contributed by atoms with Gasteiger partial charge in [0.15, 0.2) is 0 Å². The number of nitrogens with one attached hydrogen (secondary N) is 1. The number of aliphatic hydroxyl groups excluding tert-OH is 1. The lowest BCUT2D eigenvalue weighted by Crippen LogP contribution is -2.34. The van der Waals surface area contributed by atoms with Crippen molar-refractivity contribution in [2.45, 2.75) is 24.3 Å². The monoisotopic (exact) mass is 275 g/mol.